The largest absolute Gasteiger partial charge is 0.466 e. The third-order valence-electron chi connectivity index (χ3n) is 4.16. The Morgan fingerprint density at radius 2 is 2.00 bits per heavy atom. The molecule has 1 amide bonds. The number of esters is 1. The molecule has 30 heavy (non-hydrogen) atoms. The lowest BCUT2D eigenvalue weighted by Gasteiger charge is -2.10. The van der Waals surface area contributed by atoms with Gasteiger partial charge in [0.05, 0.1) is 23.8 Å². The van der Waals surface area contributed by atoms with E-state index in [2.05, 4.69) is 27.6 Å². The van der Waals surface area contributed by atoms with Crippen LogP contribution in [-0.4, -0.2) is 45.5 Å². The van der Waals surface area contributed by atoms with E-state index in [9.17, 15) is 9.59 Å². The van der Waals surface area contributed by atoms with Gasteiger partial charge in [0.15, 0.2) is 11.0 Å². The highest BCUT2D eigenvalue weighted by molar-refractivity contribution is 7.99. The number of amides is 1. The summed E-state index contributed by atoms with van der Waals surface area (Å²) in [6, 6.07) is 14.1. The molecule has 0 unspecified atom stereocenters. The lowest BCUT2D eigenvalue weighted by molar-refractivity contribution is -0.143. The van der Waals surface area contributed by atoms with Gasteiger partial charge in [-0.1, -0.05) is 48.2 Å². The zero-order valence-corrected chi connectivity index (χ0v) is 18.4. The summed E-state index contributed by atoms with van der Waals surface area (Å²) in [4.78, 5) is 24.6. The monoisotopic (exact) mass is 444 g/mol. The molecule has 9 heteroatoms. The molecule has 0 bridgehead atoms. The number of thioether (sulfide) groups is 1. The van der Waals surface area contributed by atoms with E-state index in [1.165, 1.54) is 11.8 Å². The van der Waals surface area contributed by atoms with Crippen molar-refractivity contribution < 1.29 is 14.3 Å². The van der Waals surface area contributed by atoms with Crippen molar-refractivity contribution in [3.8, 4) is 10.7 Å². The topological polar surface area (TPSA) is 86.1 Å². The average Bonchev–Trinajstić information content (AvgIpc) is 3.41. The first kappa shape index (κ1) is 22.0. The molecule has 3 rings (SSSR count). The van der Waals surface area contributed by atoms with Crippen LogP contribution in [-0.2, 0) is 20.9 Å². The van der Waals surface area contributed by atoms with Gasteiger partial charge in [-0.2, -0.15) is 0 Å². The molecule has 0 spiro atoms. The first-order chi connectivity index (χ1) is 14.7. The fourth-order valence-corrected chi connectivity index (χ4v) is 4.25. The standard InChI is InChI=1S/C21H24N4O3S2/c1-2-28-19(27)11-6-12-22-18(26)15-30-21-24-23-20(17-10-7-13-29-17)25(21)14-16-8-4-3-5-9-16/h3-5,7-10,13H,2,6,11-12,14-15H2,1H3,(H,22,26). The summed E-state index contributed by atoms with van der Waals surface area (Å²) < 4.78 is 6.92. The molecule has 0 aliphatic carbocycles. The van der Waals surface area contributed by atoms with Gasteiger partial charge in [0.2, 0.25) is 5.91 Å². The van der Waals surface area contributed by atoms with Gasteiger partial charge in [0.25, 0.3) is 0 Å². The molecule has 0 atom stereocenters. The van der Waals surface area contributed by atoms with Crippen molar-refractivity contribution in [1.29, 1.82) is 0 Å². The molecular weight excluding hydrogens is 420 g/mol. The predicted octanol–water partition coefficient (Wildman–Crippen LogP) is 3.61. The molecule has 158 valence electrons. The molecule has 0 saturated carbocycles. The molecule has 3 aromatic rings. The number of hydrogen-bond donors (Lipinski definition) is 1. The van der Waals surface area contributed by atoms with Crippen LogP contribution in [0.15, 0.2) is 53.0 Å². The highest BCUT2D eigenvalue weighted by Crippen LogP contribution is 2.28. The summed E-state index contributed by atoms with van der Waals surface area (Å²) in [6.45, 7) is 3.22. The van der Waals surface area contributed by atoms with E-state index in [1.807, 2.05) is 40.3 Å². The Morgan fingerprint density at radius 1 is 1.17 bits per heavy atom. The Labute approximate surface area is 183 Å². The Hall–Kier alpha value is -2.65. The summed E-state index contributed by atoms with van der Waals surface area (Å²) in [5.74, 6) is 0.690. The van der Waals surface area contributed by atoms with Crippen molar-refractivity contribution in [2.75, 3.05) is 18.9 Å². The van der Waals surface area contributed by atoms with Crippen LogP contribution in [0.2, 0.25) is 0 Å². The number of rotatable bonds is 11. The maximum absolute atomic E-state index is 12.2. The summed E-state index contributed by atoms with van der Waals surface area (Å²) in [5, 5.41) is 14.2. The first-order valence-electron chi connectivity index (χ1n) is 9.73. The molecule has 0 aliphatic heterocycles. The van der Waals surface area contributed by atoms with Crippen LogP contribution in [0.5, 0.6) is 0 Å². The molecule has 2 heterocycles. The van der Waals surface area contributed by atoms with Crippen LogP contribution in [0.4, 0.5) is 0 Å². The average molecular weight is 445 g/mol. The van der Waals surface area contributed by atoms with Gasteiger partial charge in [-0.25, -0.2) is 0 Å². The second kappa shape index (κ2) is 11.5. The predicted molar refractivity (Wildman–Crippen MR) is 118 cm³/mol. The summed E-state index contributed by atoms with van der Waals surface area (Å²) in [5.41, 5.74) is 1.14. The number of ether oxygens (including phenoxy) is 1. The molecule has 7 nitrogen and oxygen atoms in total. The fourth-order valence-electron chi connectivity index (χ4n) is 2.77. The zero-order chi connectivity index (χ0) is 21.2. The highest BCUT2D eigenvalue weighted by Gasteiger charge is 2.16. The van der Waals surface area contributed by atoms with Gasteiger partial charge >= 0.3 is 5.97 Å². The van der Waals surface area contributed by atoms with Crippen LogP contribution >= 0.6 is 23.1 Å². The van der Waals surface area contributed by atoms with Crippen molar-refractivity contribution in [2.45, 2.75) is 31.5 Å². The summed E-state index contributed by atoms with van der Waals surface area (Å²) >= 11 is 2.96. The lowest BCUT2D eigenvalue weighted by Crippen LogP contribution is -2.26. The van der Waals surface area contributed by atoms with Gasteiger partial charge in [-0.15, -0.1) is 21.5 Å². The SMILES string of the molecule is CCOC(=O)CCCNC(=O)CSc1nnc(-c2cccs2)n1Cc1ccccc1. The van der Waals surface area contributed by atoms with E-state index in [-0.39, 0.29) is 17.6 Å². The Kier molecular flexibility index (Phi) is 8.46. The van der Waals surface area contributed by atoms with E-state index in [1.54, 1.807) is 18.3 Å². The number of nitrogens with zero attached hydrogens (tertiary/aromatic N) is 3. The quantitative estimate of drug-likeness (QED) is 0.276. The van der Waals surface area contributed by atoms with Crippen molar-refractivity contribution in [3.05, 3.63) is 53.4 Å². The minimum absolute atomic E-state index is 0.101. The number of benzene rings is 1. The van der Waals surface area contributed by atoms with Crippen molar-refractivity contribution >= 4 is 35.0 Å². The highest BCUT2D eigenvalue weighted by atomic mass is 32.2. The zero-order valence-electron chi connectivity index (χ0n) is 16.7. The number of hydrogen-bond acceptors (Lipinski definition) is 7. The van der Waals surface area contributed by atoms with Crippen LogP contribution in [0.25, 0.3) is 10.7 Å². The van der Waals surface area contributed by atoms with Crippen LogP contribution in [0, 0.1) is 0 Å². The summed E-state index contributed by atoms with van der Waals surface area (Å²) in [6.07, 6.45) is 0.860. The van der Waals surface area contributed by atoms with Crippen LogP contribution in [0.3, 0.4) is 0 Å². The van der Waals surface area contributed by atoms with E-state index < -0.39 is 0 Å². The van der Waals surface area contributed by atoms with Crippen LogP contribution < -0.4 is 5.32 Å². The molecule has 2 aromatic heterocycles. The Bertz CT molecular complexity index is 943. The molecule has 0 radical (unpaired) electrons. The molecule has 1 aromatic carbocycles. The fraction of sp³-hybridized carbons (Fsp3) is 0.333. The maximum Gasteiger partial charge on any atom is 0.305 e. The number of thiophene rings is 1. The Morgan fingerprint density at radius 3 is 2.73 bits per heavy atom. The second-order valence-electron chi connectivity index (χ2n) is 6.40. The molecular formula is C21H24N4O3S2. The molecule has 0 saturated heterocycles. The summed E-state index contributed by atoms with van der Waals surface area (Å²) in [7, 11) is 0. The Balaban J connectivity index is 1.59. The molecule has 1 N–H and O–H groups in total. The normalized spacial score (nSPS) is 10.7. The minimum atomic E-state index is -0.240. The van der Waals surface area contributed by atoms with Crippen molar-refractivity contribution in [3.63, 3.8) is 0 Å². The van der Waals surface area contributed by atoms with E-state index in [0.29, 0.717) is 37.7 Å². The van der Waals surface area contributed by atoms with Gasteiger partial charge in [0.1, 0.15) is 0 Å². The van der Waals surface area contributed by atoms with Gasteiger partial charge < -0.3 is 10.1 Å². The minimum Gasteiger partial charge on any atom is -0.466 e. The van der Waals surface area contributed by atoms with Gasteiger partial charge in [0, 0.05) is 13.0 Å². The lowest BCUT2D eigenvalue weighted by atomic mass is 10.2. The van der Waals surface area contributed by atoms with E-state index >= 15 is 0 Å². The van der Waals surface area contributed by atoms with Crippen molar-refractivity contribution in [2.24, 2.45) is 0 Å². The number of carbonyl (C=O) groups excluding carboxylic acids is 2. The number of nitrogens with one attached hydrogen (secondary N) is 1. The first-order valence-corrected chi connectivity index (χ1v) is 11.6. The third kappa shape index (κ3) is 6.43. The van der Waals surface area contributed by atoms with E-state index in [4.69, 9.17) is 4.74 Å². The molecule has 0 aliphatic rings. The maximum atomic E-state index is 12.2. The molecule has 0 fully saturated rings. The third-order valence-corrected chi connectivity index (χ3v) is 5.99. The van der Waals surface area contributed by atoms with Crippen molar-refractivity contribution in [1.82, 2.24) is 20.1 Å². The smallest absolute Gasteiger partial charge is 0.305 e. The number of aromatic nitrogens is 3. The van der Waals surface area contributed by atoms with Gasteiger partial charge in [-0.05, 0) is 30.4 Å². The van der Waals surface area contributed by atoms with E-state index in [0.717, 1.165) is 16.3 Å². The number of carbonyl (C=O) groups is 2. The van der Waals surface area contributed by atoms with Gasteiger partial charge in [-0.3, -0.25) is 14.2 Å². The van der Waals surface area contributed by atoms with Crippen LogP contribution in [0.1, 0.15) is 25.3 Å². The second-order valence-corrected chi connectivity index (χ2v) is 8.29.